The van der Waals surface area contributed by atoms with E-state index in [1.54, 1.807) is 42.5 Å². The summed E-state index contributed by atoms with van der Waals surface area (Å²) < 4.78 is 5.05. The summed E-state index contributed by atoms with van der Waals surface area (Å²) in [7, 11) is 0. The van der Waals surface area contributed by atoms with E-state index in [9.17, 15) is 14.7 Å². The fourth-order valence-corrected chi connectivity index (χ4v) is 1.83. The molecule has 20 heavy (non-hydrogen) atoms. The van der Waals surface area contributed by atoms with Crippen LogP contribution in [0.3, 0.4) is 0 Å². The number of carboxylic acids is 1. The SMILES string of the molecule is O=C([O-])[C@H](C(=O)OCc1ccccc1)c1ccccc1. The predicted molar refractivity (Wildman–Crippen MR) is 70.4 cm³/mol. The van der Waals surface area contributed by atoms with Crippen molar-refractivity contribution in [3.8, 4) is 0 Å². The molecule has 102 valence electrons. The quantitative estimate of drug-likeness (QED) is 0.605. The van der Waals surface area contributed by atoms with Gasteiger partial charge in [-0.05, 0) is 11.1 Å². The lowest BCUT2D eigenvalue weighted by Gasteiger charge is -2.17. The van der Waals surface area contributed by atoms with Crippen molar-refractivity contribution in [3.05, 3.63) is 71.8 Å². The number of carboxylic acid groups (broad SMARTS) is 1. The monoisotopic (exact) mass is 269 g/mol. The number of hydrogen-bond donors (Lipinski definition) is 0. The Morgan fingerprint density at radius 3 is 2.05 bits per heavy atom. The Hall–Kier alpha value is -2.62. The third kappa shape index (κ3) is 3.45. The molecule has 2 rings (SSSR count). The van der Waals surface area contributed by atoms with Crippen LogP contribution in [0.4, 0.5) is 0 Å². The van der Waals surface area contributed by atoms with Crippen LogP contribution in [0.15, 0.2) is 60.7 Å². The summed E-state index contributed by atoms with van der Waals surface area (Å²) >= 11 is 0. The lowest BCUT2D eigenvalue weighted by atomic mass is 10.00. The van der Waals surface area contributed by atoms with Gasteiger partial charge in [0.25, 0.3) is 0 Å². The van der Waals surface area contributed by atoms with Crippen molar-refractivity contribution < 1.29 is 19.4 Å². The van der Waals surface area contributed by atoms with Gasteiger partial charge in [-0.25, -0.2) is 0 Å². The normalized spacial score (nSPS) is 11.6. The van der Waals surface area contributed by atoms with Crippen molar-refractivity contribution in [2.75, 3.05) is 0 Å². The number of rotatable bonds is 5. The van der Waals surface area contributed by atoms with Crippen LogP contribution in [-0.4, -0.2) is 11.9 Å². The van der Waals surface area contributed by atoms with Gasteiger partial charge in [-0.2, -0.15) is 0 Å². The Bertz CT molecular complexity index is 578. The fourth-order valence-electron chi connectivity index (χ4n) is 1.83. The second kappa shape index (κ2) is 6.52. The van der Waals surface area contributed by atoms with Gasteiger partial charge in [0.1, 0.15) is 12.5 Å². The van der Waals surface area contributed by atoms with Gasteiger partial charge < -0.3 is 14.6 Å². The third-order valence-corrected chi connectivity index (χ3v) is 2.83. The minimum Gasteiger partial charge on any atom is -0.549 e. The molecule has 1 atom stereocenters. The number of ether oxygens (including phenoxy) is 1. The van der Waals surface area contributed by atoms with Crippen LogP contribution >= 0.6 is 0 Å². The van der Waals surface area contributed by atoms with Crippen molar-refractivity contribution in [1.82, 2.24) is 0 Å². The maximum absolute atomic E-state index is 11.9. The molecular formula is C16H13O4-. The van der Waals surface area contributed by atoms with E-state index in [4.69, 9.17) is 4.74 Å². The van der Waals surface area contributed by atoms with E-state index < -0.39 is 17.9 Å². The largest absolute Gasteiger partial charge is 0.549 e. The zero-order valence-electron chi connectivity index (χ0n) is 10.7. The molecule has 0 radical (unpaired) electrons. The second-order valence-corrected chi connectivity index (χ2v) is 4.26. The highest BCUT2D eigenvalue weighted by atomic mass is 16.5. The molecule has 0 saturated carbocycles. The molecule has 4 heteroatoms. The zero-order valence-corrected chi connectivity index (χ0v) is 10.7. The average molecular weight is 269 g/mol. The third-order valence-electron chi connectivity index (χ3n) is 2.83. The Kier molecular flexibility index (Phi) is 4.50. The minimum atomic E-state index is -1.46. The lowest BCUT2D eigenvalue weighted by Crippen LogP contribution is -2.35. The molecule has 0 aliphatic rings. The van der Waals surface area contributed by atoms with Crippen molar-refractivity contribution in [3.63, 3.8) is 0 Å². The highest BCUT2D eigenvalue weighted by Crippen LogP contribution is 2.17. The first-order valence-electron chi connectivity index (χ1n) is 6.15. The van der Waals surface area contributed by atoms with Crippen molar-refractivity contribution in [1.29, 1.82) is 0 Å². The van der Waals surface area contributed by atoms with Crippen LogP contribution < -0.4 is 5.11 Å². The molecule has 0 fully saturated rings. The summed E-state index contributed by atoms with van der Waals surface area (Å²) in [6.45, 7) is 0.0380. The van der Waals surface area contributed by atoms with Crippen molar-refractivity contribution >= 4 is 11.9 Å². The molecule has 0 bridgehead atoms. The van der Waals surface area contributed by atoms with Crippen LogP contribution in [0.2, 0.25) is 0 Å². The predicted octanol–water partition coefficient (Wildman–Crippen LogP) is 1.26. The molecule has 0 spiro atoms. The molecule has 0 amide bonds. The summed E-state index contributed by atoms with van der Waals surface area (Å²) in [6, 6.07) is 17.3. The summed E-state index contributed by atoms with van der Waals surface area (Å²) in [4.78, 5) is 23.1. The number of carbonyl (C=O) groups excluding carboxylic acids is 2. The molecule has 0 aromatic heterocycles. The van der Waals surface area contributed by atoms with Crippen LogP contribution in [0.5, 0.6) is 0 Å². The smallest absolute Gasteiger partial charge is 0.319 e. The van der Waals surface area contributed by atoms with Gasteiger partial charge in [0, 0.05) is 0 Å². The highest BCUT2D eigenvalue weighted by molar-refractivity contribution is 5.99. The zero-order chi connectivity index (χ0) is 14.4. The van der Waals surface area contributed by atoms with Crippen molar-refractivity contribution in [2.45, 2.75) is 12.5 Å². The molecule has 4 nitrogen and oxygen atoms in total. The number of carbonyl (C=O) groups is 2. The van der Waals surface area contributed by atoms with Gasteiger partial charge in [0.15, 0.2) is 0 Å². The van der Waals surface area contributed by atoms with E-state index in [-0.39, 0.29) is 6.61 Å². The molecule has 0 N–H and O–H groups in total. The standard InChI is InChI=1S/C16H14O4/c17-15(18)14(13-9-5-2-6-10-13)16(19)20-11-12-7-3-1-4-8-12/h1-10,14H,11H2,(H,17,18)/p-1/t14-/m1/s1. The first-order valence-corrected chi connectivity index (χ1v) is 6.15. The highest BCUT2D eigenvalue weighted by Gasteiger charge is 2.23. The van der Waals surface area contributed by atoms with E-state index in [0.717, 1.165) is 5.56 Å². The van der Waals surface area contributed by atoms with Gasteiger partial charge in [0.05, 0.1) is 5.97 Å². The number of hydrogen-bond acceptors (Lipinski definition) is 4. The average Bonchev–Trinajstić information content (AvgIpc) is 2.47. The summed E-state index contributed by atoms with van der Waals surface area (Å²) in [6.07, 6.45) is 0. The molecule has 0 aliphatic heterocycles. The van der Waals surface area contributed by atoms with Crippen LogP contribution in [0.25, 0.3) is 0 Å². The van der Waals surface area contributed by atoms with Crippen LogP contribution in [0, 0.1) is 0 Å². The summed E-state index contributed by atoms with van der Waals surface area (Å²) in [5.74, 6) is -3.69. The first kappa shape index (κ1) is 13.8. The van der Waals surface area contributed by atoms with Crippen molar-refractivity contribution in [2.24, 2.45) is 0 Å². The number of esters is 1. The van der Waals surface area contributed by atoms with Gasteiger partial charge >= 0.3 is 5.97 Å². The molecular weight excluding hydrogens is 256 g/mol. The van der Waals surface area contributed by atoms with E-state index >= 15 is 0 Å². The van der Waals surface area contributed by atoms with E-state index in [1.807, 2.05) is 18.2 Å². The maximum atomic E-state index is 11.9. The number of aliphatic carboxylic acids is 1. The number of benzene rings is 2. The Morgan fingerprint density at radius 2 is 1.50 bits per heavy atom. The van der Waals surface area contributed by atoms with Gasteiger partial charge in [-0.3, -0.25) is 4.79 Å². The first-order chi connectivity index (χ1) is 9.68. The summed E-state index contributed by atoms with van der Waals surface area (Å²) in [5.41, 5.74) is 1.15. The molecule has 2 aromatic carbocycles. The minimum absolute atomic E-state index is 0.0380. The molecule has 0 heterocycles. The Balaban J connectivity index is 2.07. The van der Waals surface area contributed by atoms with Crippen LogP contribution in [-0.2, 0) is 20.9 Å². The topological polar surface area (TPSA) is 66.4 Å². The fraction of sp³-hybridized carbons (Fsp3) is 0.125. The molecule has 0 saturated heterocycles. The Morgan fingerprint density at radius 1 is 0.950 bits per heavy atom. The van der Waals surface area contributed by atoms with Gasteiger partial charge in [-0.15, -0.1) is 0 Å². The second-order valence-electron chi connectivity index (χ2n) is 4.26. The summed E-state index contributed by atoms with van der Waals surface area (Å²) in [5, 5.41) is 11.1. The van der Waals surface area contributed by atoms with E-state index in [2.05, 4.69) is 0 Å². The van der Waals surface area contributed by atoms with Gasteiger partial charge in [0.2, 0.25) is 0 Å². The lowest BCUT2D eigenvalue weighted by molar-refractivity contribution is -0.307. The maximum Gasteiger partial charge on any atom is 0.319 e. The van der Waals surface area contributed by atoms with Crippen LogP contribution in [0.1, 0.15) is 17.0 Å². The Labute approximate surface area is 116 Å². The van der Waals surface area contributed by atoms with E-state index in [1.165, 1.54) is 0 Å². The molecule has 0 aliphatic carbocycles. The van der Waals surface area contributed by atoms with E-state index in [0.29, 0.717) is 5.56 Å². The molecule has 2 aromatic rings. The molecule has 0 unspecified atom stereocenters. The van der Waals surface area contributed by atoms with Gasteiger partial charge in [-0.1, -0.05) is 60.7 Å².